The summed E-state index contributed by atoms with van der Waals surface area (Å²) >= 11 is 3.53. The smallest absolute Gasteiger partial charge is 0.119 e. The lowest BCUT2D eigenvalue weighted by Gasteiger charge is -2.17. The van der Waals surface area contributed by atoms with E-state index in [1.165, 1.54) is 5.56 Å². The Hall–Kier alpha value is -1.32. The van der Waals surface area contributed by atoms with Gasteiger partial charge in [0.1, 0.15) is 5.75 Å². The summed E-state index contributed by atoms with van der Waals surface area (Å²) in [5.74, 6) is 1.39. The molecule has 1 atom stereocenters. The molecule has 0 radical (unpaired) electrons. The van der Waals surface area contributed by atoms with Gasteiger partial charge < -0.3 is 10.1 Å². The quantitative estimate of drug-likeness (QED) is 0.818. The molecule has 1 unspecified atom stereocenters. The zero-order chi connectivity index (χ0) is 14.2. The van der Waals surface area contributed by atoms with E-state index in [0.29, 0.717) is 5.92 Å². The molecule has 0 heterocycles. The second-order valence-electron chi connectivity index (χ2n) is 4.76. The van der Waals surface area contributed by atoms with Crippen LogP contribution in [-0.2, 0) is 0 Å². The molecule has 2 aromatic rings. The van der Waals surface area contributed by atoms with Crippen LogP contribution in [0.5, 0.6) is 5.75 Å². The van der Waals surface area contributed by atoms with Crippen LogP contribution in [0.1, 0.15) is 17.9 Å². The first kappa shape index (κ1) is 15.1. The molecule has 0 aliphatic carbocycles. The number of ether oxygens (including phenoxy) is 1. The van der Waals surface area contributed by atoms with Crippen molar-refractivity contribution in [3.8, 4) is 5.75 Å². The molecule has 2 nitrogen and oxygen atoms in total. The van der Waals surface area contributed by atoms with E-state index in [1.54, 1.807) is 0 Å². The lowest BCUT2D eigenvalue weighted by atomic mass is 9.96. The Balaban J connectivity index is 1.92. The minimum Gasteiger partial charge on any atom is -0.494 e. The first-order valence-corrected chi connectivity index (χ1v) is 7.67. The fourth-order valence-electron chi connectivity index (χ4n) is 2.23. The molecular formula is C17H20BrNO. The maximum Gasteiger partial charge on any atom is 0.119 e. The molecule has 0 aliphatic rings. The number of likely N-dealkylation sites (N-methyl/N-ethyl adjacent to an activating group) is 1. The van der Waals surface area contributed by atoms with Gasteiger partial charge in [0.25, 0.3) is 0 Å². The molecule has 0 fully saturated rings. The Morgan fingerprint density at radius 3 is 2.60 bits per heavy atom. The first-order chi connectivity index (χ1) is 9.79. The van der Waals surface area contributed by atoms with Gasteiger partial charge in [-0.25, -0.2) is 0 Å². The van der Waals surface area contributed by atoms with Crippen LogP contribution in [0, 0.1) is 0 Å². The van der Waals surface area contributed by atoms with E-state index >= 15 is 0 Å². The number of halogens is 1. The Labute approximate surface area is 129 Å². The second-order valence-corrected chi connectivity index (χ2v) is 5.68. The van der Waals surface area contributed by atoms with Crippen LogP contribution in [0.15, 0.2) is 59.1 Å². The third-order valence-corrected chi connectivity index (χ3v) is 3.74. The van der Waals surface area contributed by atoms with Gasteiger partial charge in [-0.1, -0.05) is 46.3 Å². The highest BCUT2D eigenvalue weighted by molar-refractivity contribution is 9.10. The van der Waals surface area contributed by atoms with Crippen molar-refractivity contribution < 1.29 is 4.74 Å². The normalized spacial score (nSPS) is 12.1. The van der Waals surface area contributed by atoms with Crippen molar-refractivity contribution in [1.82, 2.24) is 5.32 Å². The molecule has 0 amide bonds. The zero-order valence-electron chi connectivity index (χ0n) is 11.7. The summed E-state index contributed by atoms with van der Waals surface area (Å²) in [4.78, 5) is 0. The van der Waals surface area contributed by atoms with Crippen LogP contribution < -0.4 is 10.1 Å². The van der Waals surface area contributed by atoms with Crippen molar-refractivity contribution >= 4 is 15.9 Å². The highest BCUT2D eigenvalue weighted by Gasteiger charge is 2.11. The molecule has 2 aromatic carbocycles. The van der Waals surface area contributed by atoms with Gasteiger partial charge in [-0.15, -0.1) is 0 Å². The molecular weight excluding hydrogens is 314 g/mol. The minimum absolute atomic E-state index is 0.459. The van der Waals surface area contributed by atoms with E-state index in [1.807, 2.05) is 37.4 Å². The van der Waals surface area contributed by atoms with E-state index in [-0.39, 0.29) is 0 Å². The molecule has 0 aromatic heterocycles. The average Bonchev–Trinajstić information content (AvgIpc) is 2.47. The molecule has 0 saturated heterocycles. The molecule has 0 saturated carbocycles. The summed E-state index contributed by atoms with van der Waals surface area (Å²) in [6.45, 7) is 1.68. The monoisotopic (exact) mass is 333 g/mol. The number of hydrogen-bond donors (Lipinski definition) is 1. The summed E-state index contributed by atoms with van der Waals surface area (Å²) in [7, 11) is 1.99. The molecule has 20 heavy (non-hydrogen) atoms. The van der Waals surface area contributed by atoms with Crippen LogP contribution in [0.3, 0.4) is 0 Å². The molecule has 0 spiro atoms. The van der Waals surface area contributed by atoms with Crippen molar-refractivity contribution in [2.24, 2.45) is 0 Å². The SMILES string of the molecule is CNCC(CCOc1ccccc1)c1cccc(Br)c1. The highest BCUT2D eigenvalue weighted by atomic mass is 79.9. The summed E-state index contributed by atoms with van der Waals surface area (Å²) in [5, 5.41) is 3.26. The minimum atomic E-state index is 0.459. The van der Waals surface area contributed by atoms with Crippen molar-refractivity contribution in [1.29, 1.82) is 0 Å². The lowest BCUT2D eigenvalue weighted by Crippen LogP contribution is -2.19. The van der Waals surface area contributed by atoms with E-state index in [2.05, 4.69) is 45.5 Å². The summed E-state index contributed by atoms with van der Waals surface area (Å²) in [6, 6.07) is 18.5. The van der Waals surface area contributed by atoms with Crippen LogP contribution >= 0.6 is 15.9 Å². The predicted octanol–water partition coefficient (Wildman–Crippen LogP) is 4.22. The maximum absolute atomic E-state index is 5.80. The summed E-state index contributed by atoms with van der Waals surface area (Å²) in [6.07, 6.45) is 0.992. The van der Waals surface area contributed by atoms with E-state index in [4.69, 9.17) is 4.74 Å². The van der Waals surface area contributed by atoms with Crippen molar-refractivity contribution in [2.75, 3.05) is 20.2 Å². The van der Waals surface area contributed by atoms with Gasteiger partial charge in [0, 0.05) is 11.0 Å². The van der Waals surface area contributed by atoms with Gasteiger partial charge >= 0.3 is 0 Å². The van der Waals surface area contributed by atoms with E-state index in [0.717, 1.165) is 29.8 Å². The standard InChI is InChI=1S/C17H20BrNO/c1-19-13-15(14-6-5-7-16(18)12-14)10-11-20-17-8-3-2-4-9-17/h2-9,12,15,19H,10-11,13H2,1H3. The van der Waals surface area contributed by atoms with Gasteiger partial charge in [0.15, 0.2) is 0 Å². The van der Waals surface area contributed by atoms with Crippen molar-refractivity contribution in [3.05, 3.63) is 64.6 Å². The Bertz CT molecular complexity index is 515. The van der Waals surface area contributed by atoms with E-state index < -0.39 is 0 Å². The van der Waals surface area contributed by atoms with E-state index in [9.17, 15) is 0 Å². The van der Waals surface area contributed by atoms with Crippen LogP contribution in [-0.4, -0.2) is 20.2 Å². The molecule has 1 N–H and O–H groups in total. The Morgan fingerprint density at radius 1 is 1.10 bits per heavy atom. The van der Waals surface area contributed by atoms with Gasteiger partial charge in [-0.2, -0.15) is 0 Å². The van der Waals surface area contributed by atoms with Crippen molar-refractivity contribution in [3.63, 3.8) is 0 Å². The maximum atomic E-state index is 5.80. The van der Waals surface area contributed by atoms with Gasteiger partial charge in [-0.3, -0.25) is 0 Å². The van der Waals surface area contributed by atoms with Crippen LogP contribution in [0.25, 0.3) is 0 Å². The second kappa shape index (κ2) is 8.08. The largest absolute Gasteiger partial charge is 0.494 e. The van der Waals surface area contributed by atoms with Gasteiger partial charge in [-0.05, 0) is 49.2 Å². The number of benzene rings is 2. The van der Waals surface area contributed by atoms with Crippen molar-refractivity contribution in [2.45, 2.75) is 12.3 Å². The molecule has 2 rings (SSSR count). The fourth-order valence-corrected chi connectivity index (χ4v) is 2.65. The molecule has 0 aliphatic heterocycles. The van der Waals surface area contributed by atoms with Gasteiger partial charge in [0.05, 0.1) is 6.61 Å². The first-order valence-electron chi connectivity index (χ1n) is 6.87. The van der Waals surface area contributed by atoms with Crippen LogP contribution in [0.4, 0.5) is 0 Å². The topological polar surface area (TPSA) is 21.3 Å². The third-order valence-electron chi connectivity index (χ3n) is 3.25. The molecule has 106 valence electrons. The fraction of sp³-hybridized carbons (Fsp3) is 0.294. The number of hydrogen-bond acceptors (Lipinski definition) is 2. The highest BCUT2D eigenvalue weighted by Crippen LogP contribution is 2.23. The van der Waals surface area contributed by atoms with Crippen LogP contribution in [0.2, 0.25) is 0 Å². The number of para-hydroxylation sites is 1. The average molecular weight is 334 g/mol. The third kappa shape index (κ3) is 4.66. The zero-order valence-corrected chi connectivity index (χ0v) is 13.3. The number of rotatable bonds is 7. The Kier molecular flexibility index (Phi) is 6.09. The number of nitrogens with one attached hydrogen (secondary N) is 1. The summed E-state index contributed by atoms with van der Waals surface area (Å²) < 4.78 is 6.92. The lowest BCUT2D eigenvalue weighted by molar-refractivity contribution is 0.296. The Morgan fingerprint density at radius 2 is 1.90 bits per heavy atom. The molecule has 3 heteroatoms. The summed E-state index contributed by atoms with van der Waals surface area (Å²) in [5.41, 5.74) is 1.34. The molecule has 0 bridgehead atoms. The van der Waals surface area contributed by atoms with Gasteiger partial charge in [0.2, 0.25) is 0 Å². The predicted molar refractivity (Wildman–Crippen MR) is 87.4 cm³/mol.